The van der Waals surface area contributed by atoms with Crippen LogP contribution in [0.15, 0.2) is 0 Å². The van der Waals surface area contributed by atoms with E-state index in [1.165, 1.54) is 0 Å². The average molecular weight is 454 g/mol. The van der Waals surface area contributed by atoms with Gasteiger partial charge >= 0.3 is 0 Å². The Balaban J connectivity index is 1.67. The van der Waals surface area contributed by atoms with Crippen molar-refractivity contribution in [1.82, 2.24) is 4.90 Å². The fraction of sp³-hybridized carbons (Fsp3) is 1.00. The van der Waals surface area contributed by atoms with Crippen molar-refractivity contribution in [1.29, 1.82) is 0 Å². The lowest BCUT2D eigenvalue weighted by Crippen LogP contribution is -2.81. The van der Waals surface area contributed by atoms with E-state index in [2.05, 4.69) is 11.8 Å². The number of methoxy groups -OCH3 is 3. The van der Waals surface area contributed by atoms with E-state index in [1.54, 1.807) is 21.3 Å². The summed E-state index contributed by atoms with van der Waals surface area (Å²) in [5.74, 6) is -0.889. The van der Waals surface area contributed by atoms with Crippen LogP contribution in [0.1, 0.15) is 32.6 Å². The third-order valence-electron chi connectivity index (χ3n) is 11.2. The summed E-state index contributed by atoms with van der Waals surface area (Å²) in [6.45, 7) is 4.05. The first-order valence-electron chi connectivity index (χ1n) is 12.3. The van der Waals surface area contributed by atoms with Crippen molar-refractivity contribution in [2.24, 2.45) is 34.5 Å². The zero-order chi connectivity index (χ0) is 22.8. The second-order valence-electron chi connectivity index (χ2n) is 11.7. The highest BCUT2D eigenvalue weighted by molar-refractivity contribution is 5.41. The zero-order valence-corrected chi connectivity index (χ0v) is 19.6. The highest BCUT2D eigenvalue weighted by atomic mass is 16.5. The molecular weight excluding hydrogens is 414 g/mol. The second kappa shape index (κ2) is 6.66. The molecule has 13 atom stereocenters. The molecule has 6 aliphatic rings. The number of nitrogens with zero attached hydrogens (tertiary/aromatic N) is 1. The summed E-state index contributed by atoms with van der Waals surface area (Å²) in [7, 11) is 4.95. The minimum Gasteiger partial charge on any atom is -0.392 e. The molecule has 5 unspecified atom stereocenters. The van der Waals surface area contributed by atoms with Crippen molar-refractivity contribution in [3.8, 4) is 0 Å². The fourth-order valence-corrected chi connectivity index (χ4v) is 10.7. The largest absolute Gasteiger partial charge is 0.392 e. The number of aliphatic hydroxyl groups excluding tert-OH is 2. The fourth-order valence-electron chi connectivity index (χ4n) is 10.7. The van der Waals surface area contributed by atoms with Crippen LogP contribution in [0.3, 0.4) is 0 Å². The van der Waals surface area contributed by atoms with Gasteiger partial charge in [0.05, 0.1) is 37.1 Å². The van der Waals surface area contributed by atoms with E-state index >= 15 is 0 Å². The van der Waals surface area contributed by atoms with Crippen LogP contribution < -0.4 is 0 Å². The van der Waals surface area contributed by atoms with E-state index in [-0.39, 0.29) is 35.7 Å². The monoisotopic (exact) mass is 453 g/mol. The Morgan fingerprint density at radius 2 is 1.84 bits per heavy atom. The lowest BCUT2D eigenvalue weighted by molar-refractivity contribution is -0.317. The summed E-state index contributed by atoms with van der Waals surface area (Å²) < 4.78 is 17.7. The van der Waals surface area contributed by atoms with E-state index < -0.39 is 46.9 Å². The highest BCUT2D eigenvalue weighted by Gasteiger charge is 2.91. The molecule has 5 saturated carbocycles. The maximum atomic E-state index is 12.8. The van der Waals surface area contributed by atoms with Crippen LogP contribution in [0.5, 0.6) is 0 Å². The number of hydrogen-bond acceptors (Lipinski definition) is 8. The molecule has 5 aliphatic carbocycles. The lowest BCUT2D eigenvalue weighted by atomic mass is 9.42. The zero-order valence-electron chi connectivity index (χ0n) is 19.6. The van der Waals surface area contributed by atoms with Crippen LogP contribution in [0.2, 0.25) is 0 Å². The molecule has 8 heteroatoms. The molecule has 0 aromatic carbocycles. The van der Waals surface area contributed by atoms with Gasteiger partial charge in [-0.1, -0.05) is 6.92 Å². The number of aliphatic hydroxyl groups is 4. The van der Waals surface area contributed by atoms with Crippen molar-refractivity contribution in [3.63, 3.8) is 0 Å². The smallest absolute Gasteiger partial charge is 0.136 e. The number of fused-ring (bicyclic) bond motifs is 2. The Kier molecular flexibility index (Phi) is 4.62. The number of rotatable bonds is 5. The quantitative estimate of drug-likeness (QED) is 0.446. The molecule has 7 bridgehead atoms. The maximum absolute atomic E-state index is 12.8. The predicted molar refractivity (Wildman–Crippen MR) is 114 cm³/mol. The van der Waals surface area contributed by atoms with Gasteiger partial charge in [-0.25, -0.2) is 0 Å². The Hall–Kier alpha value is -0.320. The molecule has 0 amide bonds. The van der Waals surface area contributed by atoms with E-state index in [0.29, 0.717) is 26.0 Å². The number of piperidine rings is 1. The van der Waals surface area contributed by atoms with E-state index in [4.69, 9.17) is 14.2 Å². The van der Waals surface area contributed by atoms with Crippen molar-refractivity contribution in [3.05, 3.63) is 0 Å². The number of likely N-dealkylation sites (tertiary alicyclic amines) is 1. The maximum Gasteiger partial charge on any atom is 0.136 e. The molecule has 0 radical (unpaired) electrons. The topological polar surface area (TPSA) is 112 Å². The number of ether oxygens (including phenoxy) is 3. The SMILES string of the molecule is CCN1C[C@]2(COC)CC[C@H](O)[C@@]34C5C[C@H]6C(O)C5[C@](O)(C[C@@H]6OC)[C@](O)(C(OC)C23)[C@@H]14. The van der Waals surface area contributed by atoms with Crippen LogP contribution >= 0.6 is 0 Å². The van der Waals surface area contributed by atoms with Crippen molar-refractivity contribution < 1.29 is 34.6 Å². The molecule has 6 fully saturated rings. The molecule has 6 rings (SSSR count). The summed E-state index contributed by atoms with van der Waals surface area (Å²) in [5, 5.41) is 48.5. The Morgan fingerprint density at radius 3 is 2.47 bits per heavy atom. The highest BCUT2D eigenvalue weighted by Crippen LogP contribution is 2.80. The van der Waals surface area contributed by atoms with Gasteiger partial charge in [0.15, 0.2) is 0 Å². The summed E-state index contributed by atoms with van der Waals surface area (Å²) in [4.78, 5) is 2.28. The normalized spacial score (nSPS) is 62.4. The minimum absolute atomic E-state index is 0.102. The molecule has 4 N–H and O–H groups in total. The minimum atomic E-state index is -1.63. The molecule has 1 saturated heterocycles. The standard InChI is InChI=1S/C24H39NO7/c1-5-25-10-21(11-30-2)7-6-15(26)23-13-8-12-14(31-3)9-22(28,16(13)17(12)27)24(29,20(23)25)19(32-4)18(21)23/h12-20,26-29H,5-11H2,1-4H3/t12-,13?,14+,15+,16?,17?,18?,19?,20+,21+,22-,23+,24+/m1/s1. The molecule has 1 heterocycles. The molecule has 1 spiro atoms. The lowest BCUT2D eigenvalue weighted by Gasteiger charge is -2.69. The van der Waals surface area contributed by atoms with Gasteiger partial charge in [0.25, 0.3) is 0 Å². The first kappa shape index (κ1) is 22.2. The molecule has 0 aromatic heterocycles. The molecule has 182 valence electrons. The second-order valence-corrected chi connectivity index (χ2v) is 11.7. The first-order chi connectivity index (χ1) is 15.2. The third-order valence-corrected chi connectivity index (χ3v) is 11.2. The predicted octanol–water partition coefficient (Wildman–Crippen LogP) is -0.383. The van der Waals surface area contributed by atoms with E-state index in [0.717, 1.165) is 13.0 Å². The van der Waals surface area contributed by atoms with Gasteiger partial charge in [0.2, 0.25) is 0 Å². The molecule has 32 heavy (non-hydrogen) atoms. The van der Waals surface area contributed by atoms with Gasteiger partial charge < -0.3 is 34.6 Å². The van der Waals surface area contributed by atoms with Crippen molar-refractivity contribution >= 4 is 0 Å². The molecule has 1 aliphatic heterocycles. The van der Waals surface area contributed by atoms with Gasteiger partial charge in [-0.2, -0.15) is 0 Å². The Bertz CT molecular complexity index is 798. The first-order valence-corrected chi connectivity index (χ1v) is 12.3. The van der Waals surface area contributed by atoms with Crippen LogP contribution in [0.25, 0.3) is 0 Å². The van der Waals surface area contributed by atoms with Gasteiger partial charge in [-0.15, -0.1) is 0 Å². The van der Waals surface area contributed by atoms with Crippen LogP contribution in [-0.2, 0) is 14.2 Å². The molecule has 0 aromatic rings. The van der Waals surface area contributed by atoms with Crippen LogP contribution in [0, 0.1) is 34.5 Å². The summed E-state index contributed by atoms with van der Waals surface area (Å²) in [6.07, 6.45) is -0.0296. The van der Waals surface area contributed by atoms with Crippen LogP contribution in [0.4, 0.5) is 0 Å². The van der Waals surface area contributed by atoms with Gasteiger partial charge in [-0.3, -0.25) is 4.90 Å². The van der Waals surface area contributed by atoms with Crippen LogP contribution in [-0.4, -0.2) is 108 Å². The van der Waals surface area contributed by atoms with Gasteiger partial charge in [-0.05, 0) is 31.7 Å². The Morgan fingerprint density at radius 1 is 1.09 bits per heavy atom. The molecular formula is C24H39NO7. The average Bonchev–Trinajstić information content (AvgIpc) is 3.14. The number of hydrogen-bond donors (Lipinski definition) is 4. The summed E-state index contributed by atoms with van der Waals surface area (Å²) >= 11 is 0. The molecule has 8 nitrogen and oxygen atoms in total. The van der Waals surface area contributed by atoms with E-state index in [9.17, 15) is 20.4 Å². The summed E-state index contributed by atoms with van der Waals surface area (Å²) in [5.41, 5.74) is -4.15. The third kappa shape index (κ3) is 1.99. The van der Waals surface area contributed by atoms with Crippen molar-refractivity contribution in [2.75, 3.05) is 41.0 Å². The van der Waals surface area contributed by atoms with Gasteiger partial charge in [0, 0.05) is 62.9 Å². The van der Waals surface area contributed by atoms with E-state index in [1.807, 2.05) is 0 Å². The van der Waals surface area contributed by atoms with Gasteiger partial charge in [0.1, 0.15) is 11.2 Å². The number of likely N-dealkylation sites (N-methyl/N-ethyl adjacent to an activating group) is 1. The summed E-state index contributed by atoms with van der Waals surface area (Å²) in [6, 6.07) is -0.442. The Labute approximate surface area is 189 Å². The van der Waals surface area contributed by atoms with Crippen molar-refractivity contribution in [2.45, 2.75) is 74.3 Å².